The van der Waals surface area contributed by atoms with Gasteiger partial charge in [-0.25, -0.2) is 4.98 Å². The number of pyridine rings is 1. The van der Waals surface area contributed by atoms with Crippen molar-refractivity contribution in [1.29, 1.82) is 0 Å². The quantitative estimate of drug-likeness (QED) is 0.866. The Labute approximate surface area is 124 Å². The summed E-state index contributed by atoms with van der Waals surface area (Å²) in [5.74, 6) is 1.96. The molecule has 1 heterocycles. The van der Waals surface area contributed by atoms with E-state index in [9.17, 15) is 0 Å². The molecule has 4 heteroatoms. The molecule has 0 radical (unpaired) electrons. The highest BCUT2D eigenvalue weighted by Gasteiger charge is 2.31. The third-order valence-electron chi connectivity index (χ3n) is 3.86. The Hall–Kier alpha value is -0.610. The van der Waals surface area contributed by atoms with Gasteiger partial charge >= 0.3 is 0 Å². The molecule has 1 aromatic rings. The Morgan fingerprint density at radius 1 is 1.42 bits per heavy atom. The highest BCUT2D eigenvalue weighted by molar-refractivity contribution is 9.10. The van der Waals surface area contributed by atoms with E-state index in [2.05, 4.69) is 65.0 Å². The molecule has 0 spiro atoms. The van der Waals surface area contributed by atoms with E-state index in [1.807, 2.05) is 6.20 Å². The molecule has 1 aliphatic rings. The lowest BCUT2D eigenvalue weighted by Gasteiger charge is -2.28. The fraction of sp³-hybridized carbons (Fsp3) is 0.667. The SMILES string of the molecule is CC(C)NCc1cc(Br)cnc1N(C)C(C)C1CC1. The van der Waals surface area contributed by atoms with Crippen molar-refractivity contribution < 1.29 is 0 Å². The molecule has 106 valence electrons. The van der Waals surface area contributed by atoms with Gasteiger partial charge in [-0.1, -0.05) is 13.8 Å². The first-order chi connectivity index (χ1) is 8.99. The monoisotopic (exact) mass is 325 g/mol. The van der Waals surface area contributed by atoms with E-state index in [1.54, 1.807) is 0 Å². The van der Waals surface area contributed by atoms with Crippen molar-refractivity contribution in [3.63, 3.8) is 0 Å². The first-order valence-corrected chi connectivity index (χ1v) is 7.89. The maximum Gasteiger partial charge on any atom is 0.133 e. The molecule has 0 aliphatic heterocycles. The minimum absolute atomic E-state index is 0.484. The van der Waals surface area contributed by atoms with E-state index < -0.39 is 0 Å². The molecular formula is C15H24BrN3. The Morgan fingerprint density at radius 3 is 2.68 bits per heavy atom. The Balaban J connectivity index is 2.17. The number of hydrogen-bond acceptors (Lipinski definition) is 3. The van der Waals surface area contributed by atoms with E-state index in [0.717, 1.165) is 22.8 Å². The van der Waals surface area contributed by atoms with Crippen molar-refractivity contribution in [3.05, 3.63) is 22.3 Å². The van der Waals surface area contributed by atoms with Crippen LogP contribution in [0, 0.1) is 5.92 Å². The lowest BCUT2D eigenvalue weighted by Crippen LogP contribution is -2.33. The fourth-order valence-corrected chi connectivity index (χ4v) is 2.70. The van der Waals surface area contributed by atoms with Crippen molar-refractivity contribution in [1.82, 2.24) is 10.3 Å². The summed E-state index contributed by atoms with van der Waals surface area (Å²) in [5, 5.41) is 3.48. The van der Waals surface area contributed by atoms with Crippen molar-refractivity contribution in [2.45, 2.75) is 52.2 Å². The van der Waals surface area contributed by atoms with Crippen LogP contribution in [0.4, 0.5) is 5.82 Å². The molecule has 19 heavy (non-hydrogen) atoms. The Bertz CT molecular complexity index is 429. The maximum absolute atomic E-state index is 4.63. The molecule has 1 aromatic heterocycles. The van der Waals surface area contributed by atoms with Gasteiger partial charge in [0.1, 0.15) is 5.82 Å². The molecule has 0 saturated heterocycles. The zero-order valence-corrected chi connectivity index (χ0v) is 13.9. The average Bonchev–Trinajstić information content (AvgIpc) is 3.19. The number of hydrogen-bond donors (Lipinski definition) is 1. The van der Waals surface area contributed by atoms with Gasteiger partial charge in [0.15, 0.2) is 0 Å². The van der Waals surface area contributed by atoms with Gasteiger partial charge in [0.25, 0.3) is 0 Å². The molecule has 1 fully saturated rings. The molecular weight excluding hydrogens is 302 g/mol. The van der Waals surface area contributed by atoms with Crippen molar-refractivity contribution in [3.8, 4) is 0 Å². The maximum atomic E-state index is 4.63. The van der Waals surface area contributed by atoms with Gasteiger partial charge in [-0.05, 0) is 47.7 Å². The Kier molecular flexibility index (Phi) is 4.85. The molecule has 2 rings (SSSR count). The second-order valence-corrected chi connectivity index (χ2v) is 6.78. The lowest BCUT2D eigenvalue weighted by molar-refractivity contribution is 0.575. The summed E-state index contributed by atoms with van der Waals surface area (Å²) >= 11 is 3.52. The van der Waals surface area contributed by atoms with E-state index >= 15 is 0 Å². The van der Waals surface area contributed by atoms with Crippen LogP contribution in [0.15, 0.2) is 16.7 Å². The van der Waals surface area contributed by atoms with E-state index in [-0.39, 0.29) is 0 Å². The van der Waals surface area contributed by atoms with Crippen LogP contribution in [-0.2, 0) is 6.54 Å². The molecule has 0 amide bonds. The lowest BCUT2D eigenvalue weighted by atomic mass is 10.1. The number of nitrogens with one attached hydrogen (secondary N) is 1. The third-order valence-corrected chi connectivity index (χ3v) is 4.29. The number of rotatable bonds is 6. The summed E-state index contributed by atoms with van der Waals surface area (Å²) in [6, 6.07) is 3.23. The zero-order chi connectivity index (χ0) is 14.0. The van der Waals surface area contributed by atoms with Gasteiger partial charge in [0, 0.05) is 41.9 Å². The summed E-state index contributed by atoms with van der Waals surface area (Å²) < 4.78 is 1.05. The van der Waals surface area contributed by atoms with Crippen LogP contribution in [0.2, 0.25) is 0 Å². The normalized spacial score (nSPS) is 16.7. The second kappa shape index (κ2) is 6.23. The van der Waals surface area contributed by atoms with Gasteiger partial charge in [0.2, 0.25) is 0 Å². The first kappa shape index (κ1) is 14.8. The third kappa shape index (κ3) is 3.93. The molecule has 1 saturated carbocycles. The first-order valence-electron chi connectivity index (χ1n) is 7.09. The zero-order valence-electron chi connectivity index (χ0n) is 12.3. The van der Waals surface area contributed by atoms with Crippen LogP contribution < -0.4 is 10.2 Å². The van der Waals surface area contributed by atoms with Crippen LogP contribution in [-0.4, -0.2) is 24.1 Å². The van der Waals surface area contributed by atoms with Gasteiger partial charge in [-0.3, -0.25) is 0 Å². The largest absolute Gasteiger partial charge is 0.356 e. The second-order valence-electron chi connectivity index (χ2n) is 5.86. The summed E-state index contributed by atoms with van der Waals surface area (Å²) in [4.78, 5) is 6.96. The highest BCUT2D eigenvalue weighted by atomic mass is 79.9. The summed E-state index contributed by atoms with van der Waals surface area (Å²) in [6.07, 6.45) is 4.62. The van der Waals surface area contributed by atoms with Gasteiger partial charge in [-0.15, -0.1) is 0 Å². The number of aromatic nitrogens is 1. The predicted octanol–water partition coefficient (Wildman–Crippen LogP) is 3.58. The van der Waals surface area contributed by atoms with E-state index in [4.69, 9.17) is 0 Å². The molecule has 1 aliphatic carbocycles. The van der Waals surface area contributed by atoms with Crippen LogP contribution in [0.1, 0.15) is 39.2 Å². The molecule has 1 unspecified atom stereocenters. The summed E-state index contributed by atoms with van der Waals surface area (Å²) in [6.45, 7) is 7.51. The topological polar surface area (TPSA) is 28.2 Å². The molecule has 1 N–H and O–H groups in total. The molecule has 0 bridgehead atoms. The standard InChI is InChI=1S/C15H24BrN3/c1-10(2)17-8-13-7-14(16)9-18-15(13)19(4)11(3)12-5-6-12/h7,9-12,17H,5-6,8H2,1-4H3. The van der Waals surface area contributed by atoms with Crippen LogP contribution in [0.3, 0.4) is 0 Å². The van der Waals surface area contributed by atoms with Crippen LogP contribution >= 0.6 is 15.9 Å². The Morgan fingerprint density at radius 2 is 2.11 bits per heavy atom. The van der Waals surface area contributed by atoms with E-state index in [1.165, 1.54) is 18.4 Å². The number of nitrogens with zero attached hydrogens (tertiary/aromatic N) is 2. The van der Waals surface area contributed by atoms with Gasteiger partial charge in [-0.2, -0.15) is 0 Å². The average molecular weight is 326 g/mol. The van der Waals surface area contributed by atoms with E-state index in [0.29, 0.717) is 12.1 Å². The summed E-state index contributed by atoms with van der Waals surface area (Å²) in [7, 11) is 2.16. The van der Waals surface area contributed by atoms with Crippen molar-refractivity contribution >= 4 is 21.7 Å². The molecule has 1 atom stereocenters. The smallest absolute Gasteiger partial charge is 0.133 e. The fourth-order valence-electron chi connectivity index (χ4n) is 2.32. The minimum Gasteiger partial charge on any atom is -0.356 e. The van der Waals surface area contributed by atoms with Crippen LogP contribution in [0.25, 0.3) is 0 Å². The molecule has 0 aromatic carbocycles. The highest BCUT2D eigenvalue weighted by Crippen LogP contribution is 2.36. The van der Waals surface area contributed by atoms with Gasteiger partial charge in [0.05, 0.1) is 0 Å². The number of anilines is 1. The van der Waals surface area contributed by atoms with Crippen molar-refractivity contribution in [2.24, 2.45) is 5.92 Å². The minimum atomic E-state index is 0.484. The predicted molar refractivity (Wildman–Crippen MR) is 84.5 cm³/mol. The summed E-state index contributed by atoms with van der Waals surface area (Å²) in [5.41, 5.74) is 1.26. The molecule has 3 nitrogen and oxygen atoms in total. The van der Waals surface area contributed by atoms with Crippen molar-refractivity contribution in [2.75, 3.05) is 11.9 Å². The van der Waals surface area contributed by atoms with Crippen LogP contribution in [0.5, 0.6) is 0 Å². The van der Waals surface area contributed by atoms with Gasteiger partial charge < -0.3 is 10.2 Å². The number of halogens is 1.